The molecule has 0 saturated carbocycles. The first-order chi connectivity index (χ1) is 11.0. The average molecular weight is 320 g/mol. The molecule has 1 amide bonds. The van der Waals surface area contributed by atoms with Crippen LogP contribution in [0.2, 0.25) is 0 Å². The average Bonchev–Trinajstić information content (AvgIpc) is 2.94. The van der Waals surface area contributed by atoms with Gasteiger partial charge in [0.1, 0.15) is 23.2 Å². The minimum Gasteiger partial charge on any atom is -0.507 e. The quantitative estimate of drug-likeness (QED) is 0.738. The summed E-state index contributed by atoms with van der Waals surface area (Å²) < 4.78 is 5.63. The van der Waals surface area contributed by atoms with Gasteiger partial charge < -0.3 is 25.2 Å². The molecule has 0 bridgehead atoms. The Kier molecular flexibility index (Phi) is 4.38. The molecular formula is C16H20N2O5. The Morgan fingerprint density at radius 1 is 1.35 bits per heavy atom. The number of rotatable bonds is 5. The number of nitrogens with zero attached hydrogens (tertiary/aromatic N) is 1. The van der Waals surface area contributed by atoms with Gasteiger partial charge in [0.25, 0.3) is 0 Å². The van der Waals surface area contributed by atoms with Gasteiger partial charge in [-0.3, -0.25) is 4.79 Å². The van der Waals surface area contributed by atoms with E-state index in [1.807, 2.05) is 0 Å². The van der Waals surface area contributed by atoms with Crippen LogP contribution in [0.15, 0.2) is 18.2 Å². The van der Waals surface area contributed by atoms with Gasteiger partial charge in [-0.25, -0.2) is 4.79 Å². The number of carbonyl (C=O) groups is 2. The summed E-state index contributed by atoms with van der Waals surface area (Å²) in [6, 6.07) is 4.35. The molecule has 0 aromatic heterocycles. The van der Waals surface area contributed by atoms with E-state index in [9.17, 15) is 14.7 Å². The van der Waals surface area contributed by atoms with Crippen LogP contribution in [0.1, 0.15) is 23.2 Å². The van der Waals surface area contributed by atoms with Crippen molar-refractivity contribution in [3.05, 3.63) is 23.8 Å². The lowest BCUT2D eigenvalue weighted by Crippen LogP contribution is -2.56. The maximum absolute atomic E-state index is 12.1. The summed E-state index contributed by atoms with van der Waals surface area (Å²) in [6.45, 7) is 2.77. The van der Waals surface area contributed by atoms with E-state index in [4.69, 9.17) is 9.84 Å². The number of carboxylic acid groups (broad SMARTS) is 1. The second kappa shape index (κ2) is 6.45. The zero-order valence-electron chi connectivity index (χ0n) is 12.7. The number of aromatic hydroxyl groups is 1. The predicted octanol–water partition coefficient (Wildman–Crippen LogP) is 0.680. The van der Waals surface area contributed by atoms with Gasteiger partial charge in [0, 0.05) is 6.42 Å². The lowest BCUT2D eigenvalue weighted by atomic mass is 10.0. The molecule has 3 rings (SSSR count). The normalized spacial score (nSPS) is 21.0. The number of phenols is 1. The fourth-order valence-electron chi connectivity index (χ4n) is 2.99. The van der Waals surface area contributed by atoms with E-state index < -0.39 is 5.97 Å². The lowest BCUT2D eigenvalue weighted by Gasteiger charge is -2.39. The Labute approximate surface area is 133 Å². The summed E-state index contributed by atoms with van der Waals surface area (Å²) >= 11 is 0. The smallest absolute Gasteiger partial charge is 0.343 e. The van der Waals surface area contributed by atoms with Gasteiger partial charge in [-0.05, 0) is 37.6 Å². The van der Waals surface area contributed by atoms with Crippen LogP contribution in [0.4, 0.5) is 0 Å². The largest absolute Gasteiger partial charge is 0.507 e. The molecule has 0 unspecified atom stereocenters. The van der Waals surface area contributed by atoms with Crippen molar-refractivity contribution in [1.82, 2.24) is 10.2 Å². The molecule has 2 fully saturated rings. The first-order valence-corrected chi connectivity index (χ1v) is 7.75. The van der Waals surface area contributed by atoms with E-state index in [1.54, 1.807) is 4.90 Å². The summed E-state index contributed by atoms with van der Waals surface area (Å²) in [5, 5.41) is 22.0. The molecule has 124 valence electrons. The molecule has 1 aromatic rings. The van der Waals surface area contributed by atoms with Crippen molar-refractivity contribution in [2.24, 2.45) is 5.92 Å². The molecule has 2 heterocycles. The molecule has 0 spiro atoms. The zero-order valence-corrected chi connectivity index (χ0v) is 12.7. The summed E-state index contributed by atoms with van der Waals surface area (Å²) in [4.78, 5) is 25.0. The molecule has 0 radical (unpaired) electrons. The van der Waals surface area contributed by atoms with Crippen LogP contribution in [0.25, 0.3) is 0 Å². The highest BCUT2D eigenvalue weighted by atomic mass is 16.5. The van der Waals surface area contributed by atoms with E-state index in [-0.39, 0.29) is 29.1 Å². The molecule has 2 saturated heterocycles. The van der Waals surface area contributed by atoms with Crippen molar-refractivity contribution in [1.29, 1.82) is 0 Å². The summed E-state index contributed by atoms with van der Waals surface area (Å²) in [7, 11) is 0. The van der Waals surface area contributed by atoms with Gasteiger partial charge in [0.2, 0.25) is 5.91 Å². The third-order valence-electron chi connectivity index (χ3n) is 4.34. The van der Waals surface area contributed by atoms with Crippen molar-refractivity contribution in [2.75, 3.05) is 26.2 Å². The van der Waals surface area contributed by atoms with Crippen molar-refractivity contribution in [3.63, 3.8) is 0 Å². The zero-order chi connectivity index (χ0) is 16.4. The van der Waals surface area contributed by atoms with Gasteiger partial charge >= 0.3 is 5.97 Å². The molecule has 23 heavy (non-hydrogen) atoms. The van der Waals surface area contributed by atoms with Crippen LogP contribution >= 0.6 is 0 Å². The number of aromatic carboxylic acids is 1. The number of amides is 1. The molecular weight excluding hydrogens is 300 g/mol. The SMILES string of the molecule is O=C(O)c1c(O)cccc1OC1CN(C(=O)C[C@@H]2CCNC2)C1. The molecule has 2 aliphatic heterocycles. The number of likely N-dealkylation sites (tertiary alicyclic amines) is 1. The van der Waals surface area contributed by atoms with Gasteiger partial charge in [0.05, 0.1) is 13.1 Å². The Bertz CT molecular complexity index is 606. The number of nitrogens with one attached hydrogen (secondary N) is 1. The maximum Gasteiger partial charge on any atom is 0.343 e. The van der Waals surface area contributed by atoms with E-state index in [1.165, 1.54) is 18.2 Å². The maximum atomic E-state index is 12.1. The summed E-state index contributed by atoms with van der Waals surface area (Å²) in [5.74, 6) is -0.898. The van der Waals surface area contributed by atoms with E-state index in [2.05, 4.69) is 5.32 Å². The number of hydrogen-bond acceptors (Lipinski definition) is 5. The van der Waals surface area contributed by atoms with Crippen LogP contribution in [0.5, 0.6) is 11.5 Å². The highest BCUT2D eigenvalue weighted by Gasteiger charge is 2.34. The van der Waals surface area contributed by atoms with Gasteiger partial charge in [-0.15, -0.1) is 0 Å². The highest BCUT2D eigenvalue weighted by molar-refractivity contribution is 5.94. The molecule has 1 atom stereocenters. The predicted molar refractivity (Wildman–Crippen MR) is 81.7 cm³/mol. The van der Waals surface area contributed by atoms with E-state index in [0.717, 1.165) is 19.5 Å². The van der Waals surface area contributed by atoms with Crippen molar-refractivity contribution >= 4 is 11.9 Å². The number of carbonyl (C=O) groups excluding carboxylic acids is 1. The number of hydrogen-bond donors (Lipinski definition) is 3. The molecule has 3 N–H and O–H groups in total. The standard InChI is InChI=1S/C16H20N2O5/c19-12-2-1-3-13(15(12)16(21)22)23-11-8-18(9-11)14(20)6-10-4-5-17-7-10/h1-3,10-11,17,19H,4-9H2,(H,21,22)/t10-/m0/s1. The molecule has 2 aliphatic rings. The van der Waals surface area contributed by atoms with Crippen LogP contribution in [0.3, 0.4) is 0 Å². The summed E-state index contributed by atoms with van der Waals surface area (Å²) in [5.41, 5.74) is -0.241. The first-order valence-electron chi connectivity index (χ1n) is 7.75. The highest BCUT2D eigenvalue weighted by Crippen LogP contribution is 2.29. The van der Waals surface area contributed by atoms with Crippen LogP contribution in [0, 0.1) is 5.92 Å². The topological polar surface area (TPSA) is 99.1 Å². The van der Waals surface area contributed by atoms with Crippen molar-refractivity contribution < 1.29 is 24.5 Å². The molecule has 0 aliphatic carbocycles. The van der Waals surface area contributed by atoms with Crippen LogP contribution < -0.4 is 10.1 Å². The Morgan fingerprint density at radius 2 is 2.13 bits per heavy atom. The molecule has 7 nitrogen and oxygen atoms in total. The van der Waals surface area contributed by atoms with E-state index >= 15 is 0 Å². The Morgan fingerprint density at radius 3 is 2.78 bits per heavy atom. The third kappa shape index (κ3) is 3.39. The summed E-state index contributed by atoms with van der Waals surface area (Å²) in [6.07, 6.45) is 1.34. The monoisotopic (exact) mass is 320 g/mol. The Hall–Kier alpha value is -2.28. The molecule has 7 heteroatoms. The van der Waals surface area contributed by atoms with Gasteiger partial charge in [0.15, 0.2) is 0 Å². The van der Waals surface area contributed by atoms with Crippen molar-refractivity contribution in [2.45, 2.75) is 18.9 Å². The minimum absolute atomic E-state index is 0.118. The van der Waals surface area contributed by atoms with Crippen LogP contribution in [-0.4, -0.2) is 59.3 Å². The fraction of sp³-hybridized carbons (Fsp3) is 0.500. The Balaban J connectivity index is 1.53. The molecule has 1 aromatic carbocycles. The first kappa shape index (κ1) is 15.6. The minimum atomic E-state index is -1.24. The van der Waals surface area contributed by atoms with Gasteiger partial charge in [-0.2, -0.15) is 0 Å². The van der Waals surface area contributed by atoms with Gasteiger partial charge in [-0.1, -0.05) is 6.07 Å². The lowest BCUT2D eigenvalue weighted by molar-refractivity contribution is -0.140. The second-order valence-electron chi connectivity index (χ2n) is 6.06. The van der Waals surface area contributed by atoms with Crippen LogP contribution in [-0.2, 0) is 4.79 Å². The fourth-order valence-corrected chi connectivity index (χ4v) is 2.99. The van der Waals surface area contributed by atoms with E-state index in [0.29, 0.717) is 25.4 Å². The second-order valence-corrected chi connectivity index (χ2v) is 6.06. The number of ether oxygens (including phenoxy) is 1. The number of carboxylic acids is 1. The number of benzene rings is 1. The third-order valence-corrected chi connectivity index (χ3v) is 4.34. The van der Waals surface area contributed by atoms with Crippen molar-refractivity contribution in [3.8, 4) is 11.5 Å².